The molecule has 0 aliphatic carbocycles. The third-order valence-corrected chi connectivity index (χ3v) is 9.99. The molecule has 27 heavy (non-hydrogen) atoms. The molecular formula is C21H30BrNO3Si. The Labute approximate surface area is 172 Å². The average Bonchev–Trinajstić information content (AvgIpc) is 2.60. The van der Waals surface area contributed by atoms with E-state index in [1.165, 1.54) is 0 Å². The van der Waals surface area contributed by atoms with E-state index < -0.39 is 8.32 Å². The predicted octanol–water partition coefficient (Wildman–Crippen LogP) is 6.31. The minimum absolute atomic E-state index is 0.226. The van der Waals surface area contributed by atoms with Gasteiger partial charge < -0.3 is 13.9 Å². The molecule has 2 rings (SSSR count). The lowest BCUT2D eigenvalue weighted by atomic mass is 10.1. The average molecular weight is 452 g/mol. The first-order chi connectivity index (χ1) is 12.6. The topological polar surface area (TPSA) is 40.6 Å². The van der Waals surface area contributed by atoms with Crippen LogP contribution in [0.5, 0.6) is 11.5 Å². The Bertz CT molecular complexity index is 759. The minimum atomic E-state index is -1.70. The Hall–Kier alpha value is -1.37. The molecular weight excluding hydrogens is 422 g/mol. The zero-order valence-corrected chi connectivity index (χ0v) is 19.7. The summed E-state index contributed by atoms with van der Waals surface area (Å²) in [6.07, 6.45) is 4.45. The van der Waals surface area contributed by atoms with E-state index in [-0.39, 0.29) is 5.04 Å². The molecule has 0 aliphatic rings. The van der Waals surface area contributed by atoms with Crippen LogP contribution < -0.4 is 9.47 Å². The minimum Gasteiger partial charge on any atom is -0.493 e. The van der Waals surface area contributed by atoms with Gasteiger partial charge in [0.1, 0.15) is 0 Å². The zero-order chi connectivity index (χ0) is 20.1. The van der Waals surface area contributed by atoms with Gasteiger partial charge in [0.25, 0.3) is 0 Å². The van der Waals surface area contributed by atoms with E-state index in [1.807, 2.05) is 30.5 Å². The number of rotatable bonds is 8. The molecule has 4 nitrogen and oxygen atoms in total. The molecule has 0 radical (unpaired) electrons. The van der Waals surface area contributed by atoms with E-state index in [0.29, 0.717) is 13.2 Å². The van der Waals surface area contributed by atoms with Crippen molar-refractivity contribution in [3.63, 3.8) is 0 Å². The van der Waals surface area contributed by atoms with Gasteiger partial charge in [0.15, 0.2) is 19.8 Å². The first-order valence-electron chi connectivity index (χ1n) is 9.20. The van der Waals surface area contributed by atoms with Crippen molar-refractivity contribution >= 4 is 24.2 Å². The van der Waals surface area contributed by atoms with Gasteiger partial charge in [-0.3, -0.25) is 4.98 Å². The first-order valence-corrected chi connectivity index (χ1v) is 12.9. The normalized spacial score (nSPS) is 12.1. The Morgan fingerprint density at radius 2 is 1.74 bits per heavy atom. The van der Waals surface area contributed by atoms with Crippen LogP contribution in [0.25, 0.3) is 11.1 Å². The highest BCUT2D eigenvalue weighted by Gasteiger charge is 2.36. The number of hydrogen-bond acceptors (Lipinski definition) is 4. The Morgan fingerprint density at radius 3 is 2.37 bits per heavy atom. The van der Waals surface area contributed by atoms with Crippen LogP contribution in [0.15, 0.2) is 41.1 Å². The maximum atomic E-state index is 6.21. The lowest BCUT2D eigenvalue weighted by Crippen LogP contribution is -2.41. The highest BCUT2D eigenvalue weighted by molar-refractivity contribution is 9.10. The van der Waals surface area contributed by atoms with Gasteiger partial charge in [0, 0.05) is 35.5 Å². The molecule has 0 saturated heterocycles. The van der Waals surface area contributed by atoms with Crippen LogP contribution in [-0.4, -0.2) is 33.6 Å². The summed E-state index contributed by atoms with van der Waals surface area (Å²) in [6, 6.07) is 7.97. The second-order valence-corrected chi connectivity index (χ2v) is 13.8. The van der Waals surface area contributed by atoms with Crippen molar-refractivity contribution in [1.82, 2.24) is 4.98 Å². The molecule has 1 aromatic heterocycles. The third kappa shape index (κ3) is 6.06. The van der Waals surface area contributed by atoms with Gasteiger partial charge >= 0.3 is 0 Å². The van der Waals surface area contributed by atoms with Crippen molar-refractivity contribution < 1.29 is 13.9 Å². The summed E-state index contributed by atoms with van der Waals surface area (Å²) >= 11 is 3.47. The molecule has 0 unspecified atom stereocenters. The SMILES string of the molecule is COc1ccc(-c2cncc(Br)c2)cc1OCCCO[Si](C)(C)C(C)(C)C. The van der Waals surface area contributed by atoms with Gasteiger partial charge in [-0.15, -0.1) is 0 Å². The summed E-state index contributed by atoms with van der Waals surface area (Å²) in [7, 11) is -0.0462. The fourth-order valence-corrected chi connectivity index (χ4v) is 3.78. The Morgan fingerprint density at radius 1 is 1.00 bits per heavy atom. The molecule has 0 aliphatic heterocycles. The molecule has 0 fully saturated rings. The smallest absolute Gasteiger partial charge is 0.191 e. The molecule has 0 saturated carbocycles. The lowest BCUT2D eigenvalue weighted by molar-refractivity contribution is 0.228. The Kier molecular flexibility index (Phi) is 7.48. The maximum absolute atomic E-state index is 6.21. The fourth-order valence-electron chi connectivity index (χ4n) is 2.32. The van der Waals surface area contributed by atoms with E-state index >= 15 is 0 Å². The van der Waals surface area contributed by atoms with Crippen molar-refractivity contribution in [2.24, 2.45) is 0 Å². The monoisotopic (exact) mass is 451 g/mol. The summed E-state index contributed by atoms with van der Waals surface area (Å²) in [5.41, 5.74) is 2.07. The second-order valence-electron chi connectivity index (χ2n) is 8.07. The summed E-state index contributed by atoms with van der Waals surface area (Å²) in [6.45, 7) is 12.6. The van der Waals surface area contributed by atoms with E-state index in [1.54, 1.807) is 13.3 Å². The van der Waals surface area contributed by atoms with Crippen molar-refractivity contribution in [2.75, 3.05) is 20.3 Å². The van der Waals surface area contributed by atoms with Crippen LogP contribution in [0, 0.1) is 0 Å². The van der Waals surface area contributed by atoms with Crippen molar-refractivity contribution in [1.29, 1.82) is 0 Å². The van der Waals surface area contributed by atoms with Crippen LogP contribution in [0.2, 0.25) is 18.1 Å². The highest BCUT2D eigenvalue weighted by Crippen LogP contribution is 2.37. The summed E-state index contributed by atoms with van der Waals surface area (Å²) in [5.74, 6) is 1.47. The van der Waals surface area contributed by atoms with Gasteiger partial charge in [-0.05, 0) is 57.8 Å². The maximum Gasteiger partial charge on any atom is 0.191 e. The van der Waals surface area contributed by atoms with Gasteiger partial charge in [-0.2, -0.15) is 0 Å². The zero-order valence-electron chi connectivity index (χ0n) is 17.1. The van der Waals surface area contributed by atoms with E-state index in [0.717, 1.165) is 33.5 Å². The van der Waals surface area contributed by atoms with Gasteiger partial charge in [0.2, 0.25) is 0 Å². The van der Waals surface area contributed by atoms with Crippen LogP contribution in [0.1, 0.15) is 27.2 Å². The second kappa shape index (κ2) is 9.21. The van der Waals surface area contributed by atoms with Crippen LogP contribution in [0.4, 0.5) is 0 Å². The number of benzene rings is 1. The Balaban J connectivity index is 1.98. The molecule has 0 spiro atoms. The number of halogens is 1. The fraction of sp³-hybridized carbons (Fsp3) is 0.476. The third-order valence-electron chi connectivity index (χ3n) is 5.02. The van der Waals surface area contributed by atoms with Crippen LogP contribution in [-0.2, 0) is 4.43 Å². The molecule has 0 amide bonds. The molecule has 1 heterocycles. The molecule has 6 heteroatoms. The standard InChI is InChI=1S/C21H30BrNO3Si/c1-21(2,3)27(5,6)26-11-7-10-25-20-13-16(8-9-19(20)24-4)17-12-18(22)15-23-14-17/h8-9,12-15H,7,10-11H2,1-6H3. The molecule has 1 aromatic carbocycles. The van der Waals surface area contributed by atoms with Crippen LogP contribution >= 0.6 is 15.9 Å². The van der Waals surface area contributed by atoms with Gasteiger partial charge in [-0.25, -0.2) is 0 Å². The predicted molar refractivity (Wildman–Crippen MR) is 117 cm³/mol. The quantitative estimate of drug-likeness (QED) is 0.348. The lowest BCUT2D eigenvalue weighted by Gasteiger charge is -2.36. The van der Waals surface area contributed by atoms with Gasteiger partial charge in [-0.1, -0.05) is 26.8 Å². The van der Waals surface area contributed by atoms with E-state index in [4.69, 9.17) is 13.9 Å². The van der Waals surface area contributed by atoms with E-state index in [9.17, 15) is 0 Å². The number of methoxy groups -OCH3 is 1. The molecule has 0 atom stereocenters. The molecule has 0 bridgehead atoms. The number of aromatic nitrogens is 1. The van der Waals surface area contributed by atoms with E-state index in [2.05, 4.69) is 54.8 Å². The van der Waals surface area contributed by atoms with Gasteiger partial charge in [0.05, 0.1) is 13.7 Å². The molecule has 2 aromatic rings. The van der Waals surface area contributed by atoms with Crippen molar-refractivity contribution in [2.45, 2.75) is 45.3 Å². The first kappa shape index (κ1) is 21.9. The van der Waals surface area contributed by atoms with Crippen molar-refractivity contribution in [3.05, 3.63) is 41.1 Å². The van der Waals surface area contributed by atoms with Crippen LogP contribution in [0.3, 0.4) is 0 Å². The largest absolute Gasteiger partial charge is 0.493 e. The molecule has 148 valence electrons. The highest BCUT2D eigenvalue weighted by atomic mass is 79.9. The number of hydrogen-bond donors (Lipinski definition) is 0. The van der Waals surface area contributed by atoms with Crippen molar-refractivity contribution in [3.8, 4) is 22.6 Å². The number of nitrogens with zero attached hydrogens (tertiary/aromatic N) is 1. The number of ether oxygens (including phenoxy) is 2. The summed E-state index contributed by atoms with van der Waals surface area (Å²) in [4.78, 5) is 4.23. The summed E-state index contributed by atoms with van der Waals surface area (Å²) in [5, 5.41) is 0.226. The molecule has 0 N–H and O–H groups in total. The number of pyridine rings is 1. The summed E-state index contributed by atoms with van der Waals surface area (Å²) < 4.78 is 18.6.